The zero-order valence-electron chi connectivity index (χ0n) is 15.5. The molecule has 0 unspecified atom stereocenters. The number of nitrogens with one attached hydrogen (secondary N) is 1. The van der Waals surface area contributed by atoms with Crippen LogP contribution in [0.1, 0.15) is 23.6 Å². The van der Waals surface area contributed by atoms with Crippen molar-refractivity contribution in [3.05, 3.63) is 58.1 Å². The first kappa shape index (κ1) is 20.3. The number of aryl methyl sites for hydroxylation is 3. The van der Waals surface area contributed by atoms with Crippen LogP contribution in [0.15, 0.2) is 36.4 Å². The molecular formula is C19H23ClN2O3S. The van der Waals surface area contributed by atoms with Crippen LogP contribution in [0.3, 0.4) is 0 Å². The summed E-state index contributed by atoms with van der Waals surface area (Å²) in [6.07, 6.45) is 1.08. The van der Waals surface area contributed by atoms with Crippen LogP contribution in [0.25, 0.3) is 0 Å². The molecule has 0 spiro atoms. The molecule has 0 aliphatic heterocycles. The van der Waals surface area contributed by atoms with Crippen molar-refractivity contribution >= 4 is 38.9 Å². The number of carbonyl (C=O) groups excluding carboxylic acids is 1. The van der Waals surface area contributed by atoms with Crippen molar-refractivity contribution < 1.29 is 13.2 Å². The first-order chi connectivity index (χ1) is 12.0. The zero-order valence-corrected chi connectivity index (χ0v) is 17.1. The molecule has 0 radical (unpaired) electrons. The van der Waals surface area contributed by atoms with E-state index in [1.807, 2.05) is 32.0 Å². The number of halogens is 1. The van der Waals surface area contributed by atoms with E-state index >= 15 is 0 Å². The van der Waals surface area contributed by atoms with Crippen LogP contribution in [-0.2, 0) is 14.8 Å². The highest BCUT2D eigenvalue weighted by Crippen LogP contribution is 2.29. The van der Waals surface area contributed by atoms with Gasteiger partial charge in [-0.1, -0.05) is 35.9 Å². The lowest BCUT2D eigenvalue weighted by Crippen LogP contribution is -2.45. The van der Waals surface area contributed by atoms with Crippen LogP contribution >= 0.6 is 11.6 Å². The number of rotatable bonds is 5. The minimum absolute atomic E-state index is 0.393. The van der Waals surface area contributed by atoms with Crippen LogP contribution in [0, 0.1) is 20.8 Å². The van der Waals surface area contributed by atoms with Gasteiger partial charge in [-0.15, -0.1) is 0 Å². The molecule has 26 heavy (non-hydrogen) atoms. The van der Waals surface area contributed by atoms with Gasteiger partial charge in [0.25, 0.3) is 0 Å². The molecule has 2 aromatic carbocycles. The SMILES string of the molecule is Cc1ccc(Cl)cc1N([C@H](C)C(=O)Nc1c(C)cccc1C)S(C)(=O)=O. The maximum absolute atomic E-state index is 12.8. The second-order valence-electron chi connectivity index (χ2n) is 6.42. The number of anilines is 2. The predicted octanol–water partition coefficient (Wildman–Crippen LogP) is 4.06. The Labute approximate surface area is 160 Å². The van der Waals surface area contributed by atoms with Crippen LogP contribution in [-0.4, -0.2) is 26.6 Å². The van der Waals surface area contributed by atoms with Gasteiger partial charge in [0.2, 0.25) is 15.9 Å². The largest absolute Gasteiger partial charge is 0.324 e. The van der Waals surface area contributed by atoms with Crippen molar-refractivity contribution in [2.75, 3.05) is 15.9 Å². The molecule has 2 rings (SSSR count). The van der Waals surface area contributed by atoms with Gasteiger partial charge in [-0.25, -0.2) is 8.42 Å². The molecule has 0 bridgehead atoms. The van der Waals surface area contributed by atoms with E-state index in [2.05, 4.69) is 5.32 Å². The Hall–Kier alpha value is -2.05. The van der Waals surface area contributed by atoms with E-state index in [1.165, 1.54) is 0 Å². The third kappa shape index (κ3) is 4.37. The van der Waals surface area contributed by atoms with Gasteiger partial charge in [-0.2, -0.15) is 0 Å². The standard InChI is InChI=1S/C19H23ClN2O3S/c1-12-9-10-16(20)11-17(12)22(26(5,24)25)15(4)19(23)21-18-13(2)7-6-8-14(18)3/h6-11,15H,1-5H3,(H,21,23)/t15-/m1/s1. The lowest BCUT2D eigenvalue weighted by molar-refractivity contribution is -0.116. The molecule has 0 saturated carbocycles. The Morgan fingerprint density at radius 1 is 1.08 bits per heavy atom. The fourth-order valence-electron chi connectivity index (χ4n) is 2.84. The maximum atomic E-state index is 12.8. The number of benzene rings is 2. The molecule has 7 heteroatoms. The van der Waals surface area contributed by atoms with Gasteiger partial charge >= 0.3 is 0 Å². The average Bonchev–Trinajstić information content (AvgIpc) is 2.53. The number of para-hydroxylation sites is 1. The van der Waals surface area contributed by atoms with E-state index in [0.717, 1.165) is 21.7 Å². The predicted molar refractivity (Wildman–Crippen MR) is 108 cm³/mol. The maximum Gasteiger partial charge on any atom is 0.248 e. The first-order valence-corrected chi connectivity index (χ1v) is 10.4. The fourth-order valence-corrected chi connectivity index (χ4v) is 4.23. The Kier molecular flexibility index (Phi) is 5.98. The van der Waals surface area contributed by atoms with E-state index < -0.39 is 22.0 Å². The Balaban J connectivity index is 2.43. The Morgan fingerprint density at radius 3 is 2.19 bits per heavy atom. The summed E-state index contributed by atoms with van der Waals surface area (Å²) in [5.74, 6) is -0.410. The number of amides is 1. The molecular weight excluding hydrogens is 372 g/mol. The highest BCUT2D eigenvalue weighted by atomic mass is 35.5. The number of hydrogen-bond donors (Lipinski definition) is 1. The molecule has 1 N–H and O–H groups in total. The number of nitrogens with zero attached hydrogens (tertiary/aromatic N) is 1. The third-order valence-corrected chi connectivity index (χ3v) is 5.69. The highest BCUT2D eigenvalue weighted by molar-refractivity contribution is 7.92. The Morgan fingerprint density at radius 2 is 1.65 bits per heavy atom. The topological polar surface area (TPSA) is 66.5 Å². The minimum Gasteiger partial charge on any atom is -0.324 e. The van der Waals surface area contributed by atoms with Crippen molar-refractivity contribution in [1.82, 2.24) is 0 Å². The quantitative estimate of drug-likeness (QED) is 0.831. The zero-order chi connectivity index (χ0) is 19.6. The van der Waals surface area contributed by atoms with E-state index in [9.17, 15) is 13.2 Å². The minimum atomic E-state index is -3.70. The number of hydrogen-bond acceptors (Lipinski definition) is 3. The van der Waals surface area contributed by atoms with Gasteiger partial charge in [0, 0.05) is 10.7 Å². The number of sulfonamides is 1. The monoisotopic (exact) mass is 394 g/mol. The third-order valence-electron chi connectivity index (χ3n) is 4.23. The molecule has 0 aliphatic carbocycles. The summed E-state index contributed by atoms with van der Waals surface area (Å²) in [6.45, 7) is 7.12. The average molecular weight is 395 g/mol. The lowest BCUT2D eigenvalue weighted by Gasteiger charge is -2.30. The van der Waals surface area contributed by atoms with Gasteiger partial charge in [0.15, 0.2) is 0 Å². The summed E-state index contributed by atoms with van der Waals surface area (Å²) >= 11 is 6.04. The molecule has 0 fully saturated rings. The summed E-state index contributed by atoms with van der Waals surface area (Å²) < 4.78 is 26.0. The summed E-state index contributed by atoms with van der Waals surface area (Å²) in [7, 11) is -3.70. The second-order valence-corrected chi connectivity index (χ2v) is 8.72. The molecule has 140 valence electrons. The molecule has 0 aliphatic rings. The fraction of sp³-hybridized carbons (Fsp3) is 0.316. The normalized spacial score (nSPS) is 12.5. The summed E-state index contributed by atoms with van der Waals surface area (Å²) in [6, 6.07) is 9.71. The molecule has 0 aromatic heterocycles. The molecule has 5 nitrogen and oxygen atoms in total. The number of carbonyl (C=O) groups is 1. The van der Waals surface area contributed by atoms with Gasteiger partial charge in [-0.05, 0) is 56.5 Å². The molecule has 1 atom stereocenters. The van der Waals surface area contributed by atoms with Crippen molar-refractivity contribution in [3.8, 4) is 0 Å². The van der Waals surface area contributed by atoms with Crippen LogP contribution in [0.2, 0.25) is 5.02 Å². The summed E-state index contributed by atoms with van der Waals surface area (Å²) in [4.78, 5) is 12.8. The molecule has 1 amide bonds. The Bertz CT molecular complexity index is 922. The van der Waals surface area contributed by atoms with E-state index in [-0.39, 0.29) is 0 Å². The van der Waals surface area contributed by atoms with Gasteiger partial charge in [0.1, 0.15) is 6.04 Å². The highest BCUT2D eigenvalue weighted by Gasteiger charge is 2.30. The van der Waals surface area contributed by atoms with E-state index in [4.69, 9.17) is 11.6 Å². The van der Waals surface area contributed by atoms with Crippen molar-refractivity contribution in [3.63, 3.8) is 0 Å². The van der Waals surface area contributed by atoms with Crippen LogP contribution in [0.5, 0.6) is 0 Å². The second kappa shape index (κ2) is 7.68. The van der Waals surface area contributed by atoms with E-state index in [1.54, 1.807) is 32.0 Å². The van der Waals surface area contributed by atoms with Gasteiger partial charge in [0.05, 0.1) is 11.9 Å². The van der Waals surface area contributed by atoms with Crippen molar-refractivity contribution in [2.24, 2.45) is 0 Å². The lowest BCUT2D eigenvalue weighted by atomic mass is 10.1. The molecule has 0 saturated heterocycles. The summed E-state index contributed by atoms with van der Waals surface area (Å²) in [5, 5.41) is 3.26. The van der Waals surface area contributed by atoms with E-state index in [0.29, 0.717) is 22.0 Å². The van der Waals surface area contributed by atoms with Crippen molar-refractivity contribution in [2.45, 2.75) is 33.7 Å². The van der Waals surface area contributed by atoms with Crippen LogP contribution in [0.4, 0.5) is 11.4 Å². The van der Waals surface area contributed by atoms with Gasteiger partial charge in [-0.3, -0.25) is 9.10 Å². The van der Waals surface area contributed by atoms with Crippen LogP contribution < -0.4 is 9.62 Å². The van der Waals surface area contributed by atoms with Gasteiger partial charge < -0.3 is 5.32 Å². The van der Waals surface area contributed by atoms with Crippen molar-refractivity contribution in [1.29, 1.82) is 0 Å². The summed E-state index contributed by atoms with van der Waals surface area (Å²) in [5.41, 5.74) is 3.63. The first-order valence-electron chi connectivity index (χ1n) is 8.15. The molecule has 0 heterocycles. The smallest absolute Gasteiger partial charge is 0.248 e. The molecule has 2 aromatic rings.